The summed E-state index contributed by atoms with van der Waals surface area (Å²) in [5.41, 5.74) is 0.341. The molecule has 0 aliphatic carbocycles. The SMILES string of the molecule is COc1cccc(/C=C/C(=O)N2CCN(CCOc3ccccc3Cl)CC2)c1OC(F)F. The lowest BCUT2D eigenvalue weighted by molar-refractivity contribution is -0.127. The van der Waals surface area contributed by atoms with Gasteiger partial charge in [0.15, 0.2) is 11.5 Å². The van der Waals surface area contributed by atoms with E-state index in [1.54, 1.807) is 23.1 Å². The quantitative estimate of drug-likeness (QED) is 0.519. The lowest BCUT2D eigenvalue weighted by Gasteiger charge is -2.34. The second-order valence-electron chi connectivity index (χ2n) is 7.04. The highest BCUT2D eigenvalue weighted by atomic mass is 35.5. The first-order valence-electron chi connectivity index (χ1n) is 10.2. The van der Waals surface area contributed by atoms with E-state index >= 15 is 0 Å². The topological polar surface area (TPSA) is 51.2 Å². The number of carbonyl (C=O) groups excluding carboxylic acids is 1. The van der Waals surface area contributed by atoms with E-state index in [4.69, 9.17) is 21.1 Å². The molecule has 0 spiro atoms. The average Bonchev–Trinajstić information content (AvgIpc) is 2.79. The van der Waals surface area contributed by atoms with Gasteiger partial charge in [0.05, 0.1) is 12.1 Å². The Morgan fingerprint density at radius 3 is 2.50 bits per heavy atom. The zero-order valence-electron chi connectivity index (χ0n) is 17.7. The van der Waals surface area contributed by atoms with Gasteiger partial charge in [-0.15, -0.1) is 0 Å². The largest absolute Gasteiger partial charge is 0.493 e. The minimum absolute atomic E-state index is 0.0996. The molecule has 1 saturated heterocycles. The molecule has 6 nitrogen and oxygen atoms in total. The maximum absolute atomic E-state index is 12.8. The van der Waals surface area contributed by atoms with Gasteiger partial charge in [0.2, 0.25) is 5.91 Å². The third kappa shape index (κ3) is 6.58. The molecular formula is C23H25ClF2N2O4. The molecule has 2 aromatic carbocycles. The predicted molar refractivity (Wildman–Crippen MR) is 119 cm³/mol. The van der Waals surface area contributed by atoms with Gasteiger partial charge in [-0.05, 0) is 24.3 Å². The number of hydrogen-bond acceptors (Lipinski definition) is 5. The van der Waals surface area contributed by atoms with Crippen LogP contribution in [0.2, 0.25) is 5.02 Å². The highest BCUT2D eigenvalue weighted by Crippen LogP contribution is 2.33. The number of nitrogens with zero attached hydrogens (tertiary/aromatic N) is 2. The summed E-state index contributed by atoms with van der Waals surface area (Å²) in [7, 11) is 1.37. The van der Waals surface area contributed by atoms with Crippen molar-refractivity contribution in [3.8, 4) is 17.2 Å². The molecular weight excluding hydrogens is 442 g/mol. The van der Waals surface area contributed by atoms with Crippen molar-refractivity contribution in [2.24, 2.45) is 0 Å². The minimum Gasteiger partial charge on any atom is -0.493 e. The highest BCUT2D eigenvalue weighted by molar-refractivity contribution is 6.32. The van der Waals surface area contributed by atoms with E-state index in [0.29, 0.717) is 49.1 Å². The first-order chi connectivity index (χ1) is 15.5. The second-order valence-corrected chi connectivity index (χ2v) is 7.44. The number of carbonyl (C=O) groups is 1. The molecule has 1 aliphatic rings. The number of para-hydroxylation sites is 2. The van der Waals surface area contributed by atoms with Gasteiger partial charge in [-0.2, -0.15) is 8.78 Å². The molecule has 3 rings (SSSR count). The summed E-state index contributed by atoms with van der Waals surface area (Å²) in [6.45, 7) is 0.779. The highest BCUT2D eigenvalue weighted by Gasteiger charge is 2.20. The Kier molecular flexibility index (Phi) is 8.70. The van der Waals surface area contributed by atoms with Crippen molar-refractivity contribution in [2.75, 3.05) is 46.4 Å². The van der Waals surface area contributed by atoms with Crippen LogP contribution in [0.25, 0.3) is 6.08 Å². The van der Waals surface area contributed by atoms with Gasteiger partial charge in [-0.1, -0.05) is 35.9 Å². The summed E-state index contributed by atoms with van der Waals surface area (Å²) in [4.78, 5) is 16.5. The average molecular weight is 467 g/mol. The van der Waals surface area contributed by atoms with Crippen molar-refractivity contribution in [1.29, 1.82) is 0 Å². The first-order valence-corrected chi connectivity index (χ1v) is 10.5. The van der Waals surface area contributed by atoms with Crippen LogP contribution in [0.4, 0.5) is 8.78 Å². The molecule has 0 radical (unpaired) electrons. The molecule has 0 N–H and O–H groups in total. The maximum atomic E-state index is 12.8. The predicted octanol–water partition coefficient (Wildman–Crippen LogP) is 4.19. The fourth-order valence-corrected chi connectivity index (χ4v) is 3.54. The zero-order valence-corrected chi connectivity index (χ0v) is 18.4. The molecule has 0 aromatic heterocycles. The Hall–Kier alpha value is -2.84. The second kappa shape index (κ2) is 11.7. The molecule has 0 saturated carbocycles. The first kappa shape index (κ1) is 23.8. The number of methoxy groups -OCH3 is 1. The van der Waals surface area contributed by atoms with Gasteiger partial charge in [-0.3, -0.25) is 9.69 Å². The van der Waals surface area contributed by atoms with Gasteiger partial charge < -0.3 is 19.1 Å². The van der Waals surface area contributed by atoms with E-state index < -0.39 is 6.61 Å². The summed E-state index contributed by atoms with van der Waals surface area (Å²) >= 11 is 6.08. The molecule has 172 valence electrons. The van der Waals surface area contributed by atoms with E-state index in [2.05, 4.69) is 9.64 Å². The maximum Gasteiger partial charge on any atom is 0.387 e. The molecule has 1 heterocycles. The van der Waals surface area contributed by atoms with E-state index in [1.807, 2.05) is 18.2 Å². The Bertz CT molecular complexity index is 934. The lowest BCUT2D eigenvalue weighted by atomic mass is 10.1. The van der Waals surface area contributed by atoms with E-state index in [9.17, 15) is 13.6 Å². The standard InChI is InChI=1S/C23H25ClF2N2O4/c1-30-20-8-4-5-17(22(20)32-23(25)26)9-10-21(29)28-13-11-27(12-14-28)15-16-31-19-7-3-2-6-18(19)24/h2-10,23H,11-16H2,1H3/b10-9+. The molecule has 1 aliphatic heterocycles. The van der Waals surface area contributed by atoms with Crippen LogP contribution in [0.3, 0.4) is 0 Å². The minimum atomic E-state index is -3.00. The van der Waals surface area contributed by atoms with E-state index in [1.165, 1.54) is 25.3 Å². The van der Waals surface area contributed by atoms with Crippen LogP contribution in [-0.2, 0) is 4.79 Å². The fourth-order valence-electron chi connectivity index (χ4n) is 3.34. The molecule has 9 heteroatoms. The van der Waals surface area contributed by atoms with Gasteiger partial charge >= 0.3 is 6.61 Å². The van der Waals surface area contributed by atoms with Gasteiger partial charge in [0.25, 0.3) is 0 Å². The van der Waals surface area contributed by atoms with Crippen LogP contribution in [0.15, 0.2) is 48.5 Å². The molecule has 0 unspecified atom stereocenters. The summed E-state index contributed by atoms with van der Waals surface area (Å²) < 4.78 is 40.9. The summed E-state index contributed by atoms with van der Waals surface area (Å²) in [5.74, 6) is 0.536. The molecule has 0 atom stereocenters. The number of amides is 1. The summed E-state index contributed by atoms with van der Waals surface area (Å²) in [6.07, 6.45) is 2.83. The van der Waals surface area contributed by atoms with Crippen LogP contribution in [0.5, 0.6) is 17.2 Å². The zero-order chi connectivity index (χ0) is 22.9. The van der Waals surface area contributed by atoms with Crippen molar-refractivity contribution < 1.29 is 27.8 Å². The van der Waals surface area contributed by atoms with Gasteiger partial charge in [0, 0.05) is 44.4 Å². The van der Waals surface area contributed by atoms with Crippen molar-refractivity contribution in [3.05, 3.63) is 59.1 Å². The van der Waals surface area contributed by atoms with Crippen LogP contribution < -0.4 is 14.2 Å². The lowest BCUT2D eigenvalue weighted by Crippen LogP contribution is -2.49. The Morgan fingerprint density at radius 2 is 1.81 bits per heavy atom. The normalized spacial score (nSPS) is 14.7. The molecule has 32 heavy (non-hydrogen) atoms. The summed E-state index contributed by atoms with van der Waals surface area (Å²) in [5, 5.41) is 0.577. The molecule has 1 amide bonds. The van der Waals surface area contributed by atoms with Crippen LogP contribution >= 0.6 is 11.6 Å². The number of halogens is 3. The third-order valence-electron chi connectivity index (χ3n) is 5.03. The van der Waals surface area contributed by atoms with Crippen LogP contribution in [0.1, 0.15) is 5.56 Å². The number of hydrogen-bond donors (Lipinski definition) is 0. The summed E-state index contributed by atoms with van der Waals surface area (Å²) in [6, 6.07) is 12.1. The molecule has 1 fully saturated rings. The number of rotatable bonds is 9. The monoisotopic (exact) mass is 466 g/mol. The van der Waals surface area contributed by atoms with Crippen LogP contribution in [0, 0.1) is 0 Å². The van der Waals surface area contributed by atoms with E-state index in [-0.39, 0.29) is 17.4 Å². The third-order valence-corrected chi connectivity index (χ3v) is 5.34. The van der Waals surface area contributed by atoms with Crippen molar-refractivity contribution in [1.82, 2.24) is 9.80 Å². The fraction of sp³-hybridized carbons (Fsp3) is 0.348. The Balaban J connectivity index is 1.49. The number of piperazine rings is 1. The molecule has 2 aromatic rings. The molecule has 0 bridgehead atoms. The van der Waals surface area contributed by atoms with Gasteiger partial charge in [-0.25, -0.2) is 0 Å². The van der Waals surface area contributed by atoms with Crippen molar-refractivity contribution in [2.45, 2.75) is 6.61 Å². The van der Waals surface area contributed by atoms with E-state index in [0.717, 1.165) is 6.54 Å². The van der Waals surface area contributed by atoms with Crippen LogP contribution in [-0.4, -0.2) is 68.8 Å². The van der Waals surface area contributed by atoms with Gasteiger partial charge in [0.1, 0.15) is 12.4 Å². The smallest absolute Gasteiger partial charge is 0.387 e. The Labute approximate surface area is 190 Å². The number of benzene rings is 2. The van der Waals surface area contributed by atoms with Crippen molar-refractivity contribution >= 4 is 23.6 Å². The number of alkyl halides is 2. The Morgan fingerprint density at radius 1 is 1.09 bits per heavy atom. The number of ether oxygens (including phenoxy) is 3. The van der Waals surface area contributed by atoms with Crippen molar-refractivity contribution in [3.63, 3.8) is 0 Å².